The van der Waals surface area contributed by atoms with Gasteiger partial charge in [0.15, 0.2) is 0 Å². The molecule has 4 heteroatoms. The van der Waals surface area contributed by atoms with Crippen LogP contribution >= 0.6 is 0 Å². The van der Waals surface area contributed by atoms with E-state index in [-0.39, 0.29) is 0 Å². The molecule has 2 unspecified atom stereocenters. The lowest BCUT2D eigenvalue weighted by molar-refractivity contribution is 0.405. The van der Waals surface area contributed by atoms with Gasteiger partial charge in [-0.2, -0.15) is 0 Å². The molecule has 0 bridgehead atoms. The minimum Gasteiger partial charge on any atom is -0.543 e. The predicted molar refractivity (Wildman–Crippen MR) is 113 cm³/mol. The first-order chi connectivity index (χ1) is 11.8. The molecule has 0 saturated heterocycles. The number of halogens is 1. The fourth-order valence-electron chi connectivity index (χ4n) is 3.88. The third-order valence-corrected chi connectivity index (χ3v) is 17.5. The summed E-state index contributed by atoms with van der Waals surface area (Å²) in [5, 5.41) is 0. The second-order valence-corrected chi connectivity index (χ2v) is 18.3. The van der Waals surface area contributed by atoms with E-state index in [1.807, 2.05) is 24.3 Å². The highest BCUT2D eigenvalue weighted by Gasteiger charge is 2.39. The lowest BCUT2D eigenvalue weighted by atomic mass is 10.1. The fourth-order valence-corrected chi connectivity index (χ4v) is 12.1. The standard InChI is InChI=1S/C21H35FOSi2/c1-7-25(8-2,9-3)16-15-24(6,17(4)5)23-20-12-10-11-18-13-14-19(22)21(18)20/h10-14,17,19H,7-9,15-16H2,1-6H3. The molecule has 0 aliphatic heterocycles. The van der Waals surface area contributed by atoms with E-state index in [4.69, 9.17) is 4.43 Å². The fraction of sp³-hybridized carbons (Fsp3) is 0.619. The Morgan fingerprint density at radius 1 is 1.08 bits per heavy atom. The molecule has 0 amide bonds. The van der Waals surface area contributed by atoms with Crippen molar-refractivity contribution in [3.63, 3.8) is 0 Å². The van der Waals surface area contributed by atoms with E-state index < -0.39 is 22.6 Å². The average Bonchev–Trinajstić information content (AvgIpc) is 2.99. The zero-order valence-electron chi connectivity index (χ0n) is 16.9. The molecular weight excluding hydrogens is 343 g/mol. The minimum atomic E-state index is -1.96. The van der Waals surface area contributed by atoms with Crippen LogP contribution in [0.25, 0.3) is 6.08 Å². The maximum Gasteiger partial charge on any atom is 0.250 e. The van der Waals surface area contributed by atoms with Gasteiger partial charge in [0.2, 0.25) is 8.32 Å². The largest absolute Gasteiger partial charge is 0.543 e. The first kappa shape index (κ1) is 20.4. The number of hydrogen-bond acceptors (Lipinski definition) is 1. The zero-order valence-corrected chi connectivity index (χ0v) is 18.9. The van der Waals surface area contributed by atoms with E-state index in [2.05, 4.69) is 41.2 Å². The van der Waals surface area contributed by atoms with Crippen LogP contribution in [0.4, 0.5) is 4.39 Å². The monoisotopic (exact) mass is 378 g/mol. The lowest BCUT2D eigenvalue weighted by Crippen LogP contribution is -2.44. The van der Waals surface area contributed by atoms with Crippen molar-refractivity contribution in [2.45, 2.75) is 83.1 Å². The van der Waals surface area contributed by atoms with E-state index >= 15 is 0 Å². The van der Waals surface area contributed by atoms with Gasteiger partial charge in [-0.25, -0.2) is 4.39 Å². The van der Waals surface area contributed by atoms with E-state index in [9.17, 15) is 4.39 Å². The summed E-state index contributed by atoms with van der Waals surface area (Å²) in [6.45, 7) is 14.0. The van der Waals surface area contributed by atoms with Gasteiger partial charge in [-0.15, -0.1) is 0 Å². The van der Waals surface area contributed by atoms with Crippen molar-refractivity contribution in [1.29, 1.82) is 0 Å². The number of benzene rings is 1. The van der Waals surface area contributed by atoms with Gasteiger partial charge in [0.05, 0.1) is 8.07 Å². The van der Waals surface area contributed by atoms with Gasteiger partial charge in [0.25, 0.3) is 0 Å². The molecule has 25 heavy (non-hydrogen) atoms. The molecule has 0 aromatic heterocycles. The Balaban J connectivity index is 2.23. The van der Waals surface area contributed by atoms with Crippen LogP contribution in [0.5, 0.6) is 5.75 Å². The maximum absolute atomic E-state index is 14.3. The van der Waals surface area contributed by atoms with Crippen molar-refractivity contribution in [1.82, 2.24) is 0 Å². The molecular formula is C21H35FOSi2. The van der Waals surface area contributed by atoms with Gasteiger partial charge < -0.3 is 4.43 Å². The van der Waals surface area contributed by atoms with Gasteiger partial charge in [0.1, 0.15) is 11.9 Å². The number of rotatable bonds is 9. The Labute approximate surface area is 155 Å². The molecule has 2 rings (SSSR count). The normalized spacial score (nSPS) is 19.1. The molecule has 2 atom stereocenters. The Morgan fingerprint density at radius 2 is 1.72 bits per heavy atom. The van der Waals surface area contributed by atoms with Crippen molar-refractivity contribution in [3.8, 4) is 5.75 Å². The van der Waals surface area contributed by atoms with Crippen LogP contribution in [0.15, 0.2) is 24.3 Å². The molecule has 1 aromatic carbocycles. The average molecular weight is 379 g/mol. The Bertz CT molecular complexity index is 602. The van der Waals surface area contributed by atoms with Crippen LogP contribution in [-0.4, -0.2) is 16.4 Å². The van der Waals surface area contributed by atoms with Gasteiger partial charge in [-0.05, 0) is 35.8 Å². The highest BCUT2D eigenvalue weighted by molar-refractivity contribution is 6.82. The summed E-state index contributed by atoms with van der Waals surface area (Å²) in [7, 11) is -3.11. The first-order valence-electron chi connectivity index (χ1n) is 9.95. The van der Waals surface area contributed by atoms with Crippen molar-refractivity contribution >= 4 is 22.5 Å². The summed E-state index contributed by atoms with van der Waals surface area (Å²) in [5.74, 6) is 0.787. The van der Waals surface area contributed by atoms with Crippen molar-refractivity contribution in [2.24, 2.45) is 0 Å². The Kier molecular flexibility index (Phi) is 6.71. The minimum absolute atomic E-state index is 0.521. The van der Waals surface area contributed by atoms with Crippen LogP contribution in [0.3, 0.4) is 0 Å². The maximum atomic E-state index is 14.3. The summed E-state index contributed by atoms with van der Waals surface area (Å²) in [6, 6.07) is 12.6. The third-order valence-electron chi connectivity index (χ3n) is 6.79. The lowest BCUT2D eigenvalue weighted by Gasteiger charge is -2.37. The summed E-state index contributed by atoms with van der Waals surface area (Å²) >= 11 is 0. The zero-order chi connectivity index (χ0) is 18.7. The van der Waals surface area contributed by atoms with Crippen LogP contribution in [0.1, 0.15) is 51.9 Å². The van der Waals surface area contributed by atoms with Gasteiger partial charge in [-0.1, -0.05) is 77.0 Å². The molecule has 0 fully saturated rings. The van der Waals surface area contributed by atoms with Crippen molar-refractivity contribution < 1.29 is 8.82 Å². The number of hydrogen-bond donors (Lipinski definition) is 0. The quantitative estimate of drug-likeness (QED) is 0.402. The molecule has 0 heterocycles. The summed E-state index contributed by atoms with van der Waals surface area (Å²) in [4.78, 5) is 0. The Morgan fingerprint density at radius 3 is 2.28 bits per heavy atom. The topological polar surface area (TPSA) is 9.23 Å². The van der Waals surface area contributed by atoms with E-state index in [1.54, 1.807) is 6.08 Å². The van der Waals surface area contributed by atoms with Gasteiger partial charge in [0, 0.05) is 5.56 Å². The molecule has 1 aliphatic rings. The van der Waals surface area contributed by atoms with Gasteiger partial charge in [-0.3, -0.25) is 0 Å². The van der Waals surface area contributed by atoms with Crippen LogP contribution in [0, 0.1) is 0 Å². The van der Waals surface area contributed by atoms with Crippen LogP contribution in [0.2, 0.25) is 42.3 Å². The van der Waals surface area contributed by atoms with Crippen LogP contribution < -0.4 is 4.43 Å². The van der Waals surface area contributed by atoms with Gasteiger partial charge >= 0.3 is 0 Å². The second-order valence-electron chi connectivity index (χ2n) is 8.15. The second kappa shape index (κ2) is 8.21. The summed E-state index contributed by atoms with van der Waals surface area (Å²) in [6.07, 6.45) is 2.49. The molecule has 0 N–H and O–H groups in total. The highest BCUT2D eigenvalue weighted by Crippen LogP contribution is 2.42. The third kappa shape index (κ3) is 4.28. The summed E-state index contributed by atoms with van der Waals surface area (Å²) in [5.41, 5.74) is 2.24. The van der Waals surface area contributed by atoms with E-state index in [1.165, 1.54) is 30.2 Å². The van der Waals surface area contributed by atoms with Crippen LogP contribution in [-0.2, 0) is 0 Å². The highest BCUT2D eigenvalue weighted by atomic mass is 28.4. The summed E-state index contributed by atoms with van der Waals surface area (Å²) < 4.78 is 21.0. The molecule has 0 spiro atoms. The molecule has 0 radical (unpaired) electrons. The van der Waals surface area contributed by atoms with Crippen molar-refractivity contribution in [2.75, 3.05) is 0 Å². The first-order valence-corrected chi connectivity index (χ1v) is 15.5. The number of fused-ring (bicyclic) bond motifs is 1. The molecule has 1 nitrogen and oxygen atoms in total. The van der Waals surface area contributed by atoms with E-state index in [0.29, 0.717) is 5.54 Å². The smallest absolute Gasteiger partial charge is 0.250 e. The van der Waals surface area contributed by atoms with E-state index in [0.717, 1.165) is 16.9 Å². The number of allylic oxidation sites excluding steroid dienone is 1. The Hall–Kier alpha value is -0.876. The molecule has 1 aliphatic carbocycles. The number of alkyl halides is 1. The molecule has 140 valence electrons. The van der Waals surface area contributed by atoms with Crippen molar-refractivity contribution in [3.05, 3.63) is 35.4 Å². The SMILES string of the molecule is CC[Si](CC)(CC)CC[Si](C)(Oc1cccc2c1C(F)C=C2)C(C)C. The molecule has 0 saturated carbocycles. The predicted octanol–water partition coefficient (Wildman–Crippen LogP) is 7.60. The molecule has 1 aromatic rings.